The van der Waals surface area contributed by atoms with Crippen molar-refractivity contribution < 1.29 is 19.1 Å². The summed E-state index contributed by atoms with van der Waals surface area (Å²) in [5, 5.41) is 4.92. The van der Waals surface area contributed by atoms with Gasteiger partial charge in [-0.1, -0.05) is 12.8 Å². The minimum atomic E-state index is -0.572. The summed E-state index contributed by atoms with van der Waals surface area (Å²) in [5.74, 6) is -0.660. The normalized spacial score (nSPS) is 26.0. The molecule has 8 heteroatoms. The van der Waals surface area contributed by atoms with E-state index < -0.39 is 5.91 Å². The minimum absolute atomic E-state index is 0.108. The molecule has 2 amide bonds. The molecule has 136 valence electrons. The number of likely N-dealkylation sites (tertiary alicyclic amines) is 1. The second-order valence-electron chi connectivity index (χ2n) is 6.63. The van der Waals surface area contributed by atoms with Gasteiger partial charge in [0.25, 0.3) is 5.91 Å². The van der Waals surface area contributed by atoms with Crippen LogP contribution in [-0.4, -0.2) is 48.4 Å². The summed E-state index contributed by atoms with van der Waals surface area (Å²) < 4.78 is 4.94. The third-order valence-corrected chi connectivity index (χ3v) is 6.03. The fourth-order valence-corrected chi connectivity index (χ4v) is 4.89. The van der Waals surface area contributed by atoms with E-state index in [9.17, 15) is 14.4 Å². The maximum atomic E-state index is 12.5. The number of fused-ring (bicyclic) bond motifs is 1. The Balaban J connectivity index is 1.71. The predicted octanol–water partition coefficient (Wildman–Crippen LogP) is 1.59. The molecule has 0 bridgehead atoms. The summed E-state index contributed by atoms with van der Waals surface area (Å²) in [5.41, 5.74) is 5.62. The molecule has 3 N–H and O–H groups in total. The number of carbonyl (C=O) groups is 3. The smallest absolute Gasteiger partial charge is 0.323 e. The molecule has 1 saturated carbocycles. The Kier molecular flexibility index (Phi) is 5.39. The van der Waals surface area contributed by atoms with Gasteiger partial charge >= 0.3 is 5.97 Å². The van der Waals surface area contributed by atoms with Crippen LogP contribution in [-0.2, 0) is 14.3 Å². The van der Waals surface area contributed by atoms with Crippen LogP contribution in [0.5, 0.6) is 0 Å². The van der Waals surface area contributed by atoms with Gasteiger partial charge in [-0.15, -0.1) is 11.3 Å². The van der Waals surface area contributed by atoms with Gasteiger partial charge in [-0.3, -0.25) is 19.3 Å². The number of amides is 2. The van der Waals surface area contributed by atoms with Crippen LogP contribution in [0.3, 0.4) is 0 Å². The molecule has 2 fully saturated rings. The average Bonchev–Trinajstić information content (AvgIpc) is 3.19. The van der Waals surface area contributed by atoms with Crippen molar-refractivity contribution in [2.75, 3.05) is 19.0 Å². The highest BCUT2D eigenvalue weighted by Crippen LogP contribution is 2.40. The monoisotopic (exact) mass is 365 g/mol. The van der Waals surface area contributed by atoms with Crippen LogP contribution in [0.15, 0.2) is 11.4 Å². The van der Waals surface area contributed by atoms with Gasteiger partial charge in [0.2, 0.25) is 5.91 Å². The Hall–Kier alpha value is -1.93. The number of carbonyl (C=O) groups excluding carboxylic acids is 3. The highest BCUT2D eigenvalue weighted by atomic mass is 32.1. The number of rotatable bonds is 5. The highest BCUT2D eigenvalue weighted by Gasteiger charge is 2.46. The quantitative estimate of drug-likeness (QED) is 0.772. The van der Waals surface area contributed by atoms with E-state index >= 15 is 0 Å². The Bertz CT molecular complexity index is 675. The molecule has 1 aliphatic heterocycles. The van der Waals surface area contributed by atoms with Crippen molar-refractivity contribution in [3.05, 3.63) is 17.0 Å². The van der Waals surface area contributed by atoms with E-state index in [-0.39, 0.29) is 30.5 Å². The van der Waals surface area contributed by atoms with Gasteiger partial charge in [-0.2, -0.15) is 0 Å². The number of nitrogens with one attached hydrogen (secondary N) is 1. The molecule has 1 aliphatic carbocycles. The summed E-state index contributed by atoms with van der Waals surface area (Å²) >= 11 is 1.26. The average molecular weight is 365 g/mol. The molecule has 25 heavy (non-hydrogen) atoms. The van der Waals surface area contributed by atoms with Crippen LogP contribution in [0, 0.1) is 5.92 Å². The predicted molar refractivity (Wildman–Crippen MR) is 94.3 cm³/mol. The first kappa shape index (κ1) is 17.9. The molecule has 0 spiro atoms. The van der Waals surface area contributed by atoms with E-state index in [2.05, 4.69) is 5.32 Å². The topological polar surface area (TPSA) is 102 Å². The summed E-state index contributed by atoms with van der Waals surface area (Å²) in [7, 11) is 1.38. The van der Waals surface area contributed by atoms with Crippen LogP contribution in [0.25, 0.3) is 0 Å². The molecule has 3 rings (SSSR count). The number of primary amides is 1. The highest BCUT2D eigenvalue weighted by molar-refractivity contribution is 7.14. The third-order valence-electron chi connectivity index (χ3n) is 5.20. The van der Waals surface area contributed by atoms with Crippen LogP contribution >= 0.6 is 11.3 Å². The molecule has 1 aromatic heterocycles. The summed E-state index contributed by atoms with van der Waals surface area (Å²) in [6.07, 6.45) is 5.12. The van der Waals surface area contributed by atoms with Crippen LogP contribution in [0.2, 0.25) is 0 Å². The van der Waals surface area contributed by atoms with Crippen LogP contribution < -0.4 is 11.1 Å². The van der Waals surface area contributed by atoms with Crippen LogP contribution in [0.4, 0.5) is 5.00 Å². The Morgan fingerprint density at radius 2 is 2.12 bits per heavy atom. The van der Waals surface area contributed by atoms with Gasteiger partial charge in [0.1, 0.15) is 11.0 Å². The number of methoxy groups -OCH3 is 1. The lowest BCUT2D eigenvalue weighted by Gasteiger charge is -2.32. The first-order valence-corrected chi connectivity index (χ1v) is 9.40. The van der Waals surface area contributed by atoms with E-state index in [1.54, 1.807) is 11.4 Å². The Labute approximate surface area is 150 Å². The number of anilines is 1. The van der Waals surface area contributed by atoms with Crippen LogP contribution in [0.1, 0.15) is 42.5 Å². The Morgan fingerprint density at radius 3 is 2.84 bits per heavy atom. The molecule has 0 aromatic carbocycles. The van der Waals surface area contributed by atoms with E-state index in [4.69, 9.17) is 10.5 Å². The third kappa shape index (κ3) is 3.69. The number of nitrogens with zero attached hydrogens (tertiary/aromatic N) is 1. The number of hydrogen-bond donors (Lipinski definition) is 2. The minimum Gasteiger partial charge on any atom is -0.468 e. The molecule has 1 aromatic rings. The molecule has 2 heterocycles. The molecule has 1 saturated heterocycles. The standard InChI is InChI=1S/C17H23N3O4S/c1-24-17(23)13-8-10-4-2-3-5-12(10)20(13)9-14(21)19-16-11(15(18)22)6-7-25-16/h6-7,10,12-13H,2-5,8-9H2,1H3,(H2,18,22)(H,19,21)/t10-,12-,13+/m1/s1. The first-order valence-electron chi connectivity index (χ1n) is 8.52. The van der Waals surface area contributed by atoms with Crippen molar-refractivity contribution in [1.29, 1.82) is 0 Å². The lowest BCUT2D eigenvalue weighted by molar-refractivity contribution is -0.146. The van der Waals surface area contributed by atoms with Gasteiger partial charge in [0, 0.05) is 6.04 Å². The molecule has 0 unspecified atom stereocenters. The van der Waals surface area contributed by atoms with E-state index in [1.807, 2.05) is 4.90 Å². The lowest BCUT2D eigenvalue weighted by Crippen LogP contribution is -2.46. The molecule has 7 nitrogen and oxygen atoms in total. The lowest BCUT2D eigenvalue weighted by atomic mass is 9.85. The van der Waals surface area contributed by atoms with Crippen molar-refractivity contribution in [3.63, 3.8) is 0 Å². The van der Waals surface area contributed by atoms with Gasteiger partial charge in [0.05, 0.1) is 19.2 Å². The Morgan fingerprint density at radius 1 is 1.36 bits per heavy atom. The zero-order valence-corrected chi connectivity index (χ0v) is 15.0. The van der Waals surface area contributed by atoms with Gasteiger partial charge in [-0.25, -0.2) is 0 Å². The molecular formula is C17H23N3O4S. The van der Waals surface area contributed by atoms with Gasteiger partial charge in [-0.05, 0) is 36.6 Å². The van der Waals surface area contributed by atoms with Crippen molar-refractivity contribution in [2.45, 2.75) is 44.2 Å². The molecular weight excluding hydrogens is 342 g/mol. The molecule has 2 aliphatic rings. The fraction of sp³-hybridized carbons (Fsp3) is 0.588. The van der Waals surface area contributed by atoms with E-state index in [0.717, 1.165) is 25.7 Å². The van der Waals surface area contributed by atoms with Crippen molar-refractivity contribution in [2.24, 2.45) is 11.7 Å². The van der Waals surface area contributed by atoms with Crippen molar-refractivity contribution in [3.8, 4) is 0 Å². The van der Waals surface area contributed by atoms with Gasteiger partial charge in [0.15, 0.2) is 0 Å². The fourth-order valence-electron chi connectivity index (χ4n) is 4.08. The first-order chi connectivity index (χ1) is 12.0. The summed E-state index contributed by atoms with van der Waals surface area (Å²) in [6.45, 7) is 0.108. The zero-order valence-electron chi connectivity index (χ0n) is 14.2. The number of esters is 1. The number of hydrogen-bond acceptors (Lipinski definition) is 6. The second-order valence-corrected chi connectivity index (χ2v) is 7.55. The maximum Gasteiger partial charge on any atom is 0.323 e. The van der Waals surface area contributed by atoms with Gasteiger partial charge < -0.3 is 15.8 Å². The largest absolute Gasteiger partial charge is 0.468 e. The maximum absolute atomic E-state index is 12.5. The summed E-state index contributed by atoms with van der Waals surface area (Å²) in [4.78, 5) is 38.0. The van der Waals surface area contributed by atoms with Crippen molar-refractivity contribution in [1.82, 2.24) is 4.90 Å². The van der Waals surface area contributed by atoms with Crippen molar-refractivity contribution >= 4 is 34.1 Å². The number of ether oxygens (including phenoxy) is 1. The molecule has 3 atom stereocenters. The summed E-state index contributed by atoms with van der Waals surface area (Å²) in [6, 6.07) is 1.46. The number of thiophene rings is 1. The second kappa shape index (κ2) is 7.53. The van der Waals surface area contributed by atoms with E-state index in [1.165, 1.54) is 24.9 Å². The SMILES string of the molecule is COC(=O)[C@@H]1C[C@H]2CCCC[C@H]2N1CC(=O)Nc1sccc1C(N)=O. The molecule has 0 radical (unpaired) electrons. The number of nitrogens with two attached hydrogens (primary N) is 1. The van der Waals surface area contributed by atoms with E-state index in [0.29, 0.717) is 16.5 Å². The zero-order chi connectivity index (χ0) is 18.0.